The van der Waals surface area contributed by atoms with E-state index in [1.165, 1.54) is 0 Å². The number of rotatable bonds is 5. The Bertz CT molecular complexity index is 1070. The summed E-state index contributed by atoms with van der Waals surface area (Å²) in [6, 6.07) is 14.9. The number of benzene rings is 2. The number of nitrogens with zero attached hydrogens (tertiary/aromatic N) is 2. The Kier molecular flexibility index (Phi) is 5.44. The van der Waals surface area contributed by atoms with E-state index in [1.54, 1.807) is 10.7 Å². The van der Waals surface area contributed by atoms with E-state index in [0.717, 1.165) is 42.3 Å². The minimum atomic E-state index is -0.127. The first-order chi connectivity index (χ1) is 13.6. The molecule has 144 valence electrons. The molecule has 6 heteroatoms. The summed E-state index contributed by atoms with van der Waals surface area (Å²) in [6.45, 7) is 0.275. The summed E-state index contributed by atoms with van der Waals surface area (Å²) in [4.78, 5) is 25.3. The van der Waals surface area contributed by atoms with Gasteiger partial charge in [0.1, 0.15) is 0 Å². The molecule has 1 heterocycles. The minimum absolute atomic E-state index is 0.0476. The lowest BCUT2D eigenvalue weighted by Crippen LogP contribution is -2.30. The number of carbonyl (C=O) groups is 1. The molecule has 4 rings (SSSR count). The molecule has 0 aliphatic heterocycles. The van der Waals surface area contributed by atoms with Gasteiger partial charge in [-0.15, -0.1) is 0 Å². The van der Waals surface area contributed by atoms with Gasteiger partial charge in [0.25, 0.3) is 5.56 Å². The van der Waals surface area contributed by atoms with E-state index in [9.17, 15) is 9.59 Å². The van der Waals surface area contributed by atoms with Crippen LogP contribution in [-0.2, 0) is 17.8 Å². The highest BCUT2D eigenvalue weighted by atomic mass is 35.5. The fourth-order valence-electron chi connectivity index (χ4n) is 3.86. The summed E-state index contributed by atoms with van der Waals surface area (Å²) in [5, 5.41) is 9.59. The van der Waals surface area contributed by atoms with Crippen molar-refractivity contribution in [2.45, 2.75) is 44.7 Å². The van der Waals surface area contributed by atoms with Gasteiger partial charge in [-0.3, -0.25) is 9.59 Å². The highest BCUT2D eigenvalue weighted by Crippen LogP contribution is 2.28. The molecule has 5 nitrogen and oxygen atoms in total. The van der Waals surface area contributed by atoms with Crippen molar-refractivity contribution in [3.8, 4) is 0 Å². The number of nitrogens with one attached hydrogen (secondary N) is 1. The number of hydrogen-bond donors (Lipinski definition) is 1. The number of amides is 1. The minimum Gasteiger partial charge on any atom is -0.350 e. The van der Waals surface area contributed by atoms with Crippen LogP contribution in [0.4, 0.5) is 0 Å². The first kappa shape index (κ1) is 18.7. The number of fused-ring (bicyclic) bond motifs is 1. The zero-order valence-corrected chi connectivity index (χ0v) is 16.3. The Morgan fingerprint density at radius 3 is 2.50 bits per heavy atom. The summed E-state index contributed by atoms with van der Waals surface area (Å²) >= 11 is 6.14. The fourth-order valence-corrected chi connectivity index (χ4v) is 4.06. The van der Waals surface area contributed by atoms with Crippen molar-refractivity contribution in [2.75, 3.05) is 0 Å². The summed E-state index contributed by atoms with van der Waals surface area (Å²) in [7, 11) is 0. The molecule has 0 unspecified atom stereocenters. The maximum absolute atomic E-state index is 12.9. The lowest BCUT2D eigenvalue weighted by molar-refractivity contribution is -0.120. The molecule has 3 aromatic rings. The molecule has 1 aliphatic carbocycles. The van der Waals surface area contributed by atoms with Crippen molar-refractivity contribution in [1.82, 2.24) is 15.1 Å². The first-order valence-corrected chi connectivity index (χ1v) is 10.0. The van der Waals surface area contributed by atoms with Gasteiger partial charge in [-0.25, -0.2) is 4.68 Å². The molecule has 1 fully saturated rings. The molecule has 1 aromatic heterocycles. The van der Waals surface area contributed by atoms with Gasteiger partial charge < -0.3 is 5.32 Å². The Balaban J connectivity index is 1.59. The predicted octanol–water partition coefficient (Wildman–Crippen LogP) is 4.02. The van der Waals surface area contributed by atoms with Crippen molar-refractivity contribution < 1.29 is 4.79 Å². The van der Waals surface area contributed by atoms with Crippen LogP contribution in [-0.4, -0.2) is 15.7 Å². The first-order valence-electron chi connectivity index (χ1n) is 9.64. The molecule has 1 saturated carbocycles. The monoisotopic (exact) mass is 395 g/mol. The zero-order valence-electron chi connectivity index (χ0n) is 15.5. The summed E-state index contributed by atoms with van der Waals surface area (Å²) in [6.07, 6.45) is 4.40. The van der Waals surface area contributed by atoms with Crippen molar-refractivity contribution >= 4 is 28.3 Å². The van der Waals surface area contributed by atoms with Crippen LogP contribution >= 0.6 is 11.6 Å². The lowest BCUT2D eigenvalue weighted by atomic mass is 10.1. The normalized spacial score (nSPS) is 14.5. The Morgan fingerprint density at radius 1 is 1.07 bits per heavy atom. The Morgan fingerprint density at radius 2 is 1.75 bits per heavy atom. The highest BCUT2D eigenvalue weighted by molar-refractivity contribution is 6.31. The van der Waals surface area contributed by atoms with Crippen molar-refractivity contribution in [2.24, 2.45) is 0 Å². The third-order valence-corrected chi connectivity index (χ3v) is 5.71. The van der Waals surface area contributed by atoms with Crippen molar-refractivity contribution in [3.63, 3.8) is 0 Å². The molecular weight excluding hydrogens is 374 g/mol. The van der Waals surface area contributed by atoms with Crippen molar-refractivity contribution in [3.05, 3.63) is 75.2 Å². The predicted molar refractivity (Wildman–Crippen MR) is 111 cm³/mol. The second-order valence-electron chi connectivity index (χ2n) is 7.23. The summed E-state index contributed by atoms with van der Waals surface area (Å²) in [5.41, 5.74) is 1.46. The molecule has 1 aliphatic rings. The van der Waals surface area contributed by atoms with Gasteiger partial charge in [0.15, 0.2) is 0 Å². The van der Waals surface area contributed by atoms with Crippen LogP contribution < -0.4 is 10.9 Å². The second-order valence-corrected chi connectivity index (χ2v) is 7.63. The van der Waals surface area contributed by atoms with E-state index >= 15 is 0 Å². The molecular formula is C22H22ClN3O2. The molecule has 28 heavy (non-hydrogen) atoms. The molecule has 0 radical (unpaired) electrons. The van der Waals surface area contributed by atoms with Gasteiger partial charge in [-0.2, -0.15) is 5.10 Å². The van der Waals surface area contributed by atoms with E-state index < -0.39 is 0 Å². The quantitative estimate of drug-likeness (QED) is 0.709. The van der Waals surface area contributed by atoms with Gasteiger partial charge in [-0.1, -0.05) is 60.8 Å². The van der Waals surface area contributed by atoms with Gasteiger partial charge >= 0.3 is 0 Å². The fraction of sp³-hybridized carbons (Fsp3) is 0.318. The SMILES string of the molecule is O=C(Cc1ccccc1Cl)NCc1nn(C2CCCC2)c(=O)c2ccccc12. The second kappa shape index (κ2) is 8.15. The van der Waals surface area contributed by atoms with E-state index in [4.69, 9.17) is 11.6 Å². The molecule has 0 spiro atoms. The maximum atomic E-state index is 12.9. The third kappa shape index (κ3) is 3.80. The molecule has 1 amide bonds. The lowest BCUT2D eigenvalue weighted by Gasteiger charge is -2.16. The van der Waals surface area contributed by atoms with E-state index in [-0.39, 0.29) is 30.5 Å². The van der Waals surface area contributed by atoms with Crippen LogP contribution in [0.1, 0.15) is 43.0 Å². The van der Waals surface area contributed by atoms with Crippen LogP contribution in [0.5, 0.6) is 0 Å². The molecule has 0 bridgehead atoms. The largest absolute Gasteiger partial charge is 0.350 e. The van der Waals surface area contributed by atoms with Crippen LogP contribution in [0, 0.1) is 0 Å². The van der Waals surface area contributed by atoms with Gasteiger partial charge in [0, 0.05) is 10.4 Å². The molecule has 0 saturated heterocycles. The average molecular weight is 396 g/mol. The maximum Gasteiger partial charge on any atom is 0.274 e. The highest BCUT2D eigenvalue weighted by Gasteiger charge is 2.21. The number of hydrogen-bond acceptors (Lipinski definition) is 3. The molecule has 1 N–H and O–H groups in total. The standard InChI is InChI=1S/C22H22ClN3O2/c23-19-12-6-1-7-15(19)13-21(27)24-14-20-17-10-4-5-11-18(17)22(28)26(25-20)16-8-2-3-9-16/h1,4-7,10-12,16H,2-3,8-9,13-14H2,(H,24,27). The Labute approximate surface area is 168 Å². The smallest absolute Gasteiger partial charge is 0.274 e. The van der Waals surface area contributed by atoms with Crippen LogP contribution in [0.2, 0.25) is 5.02 Å². The number of carbonyl (C=O) groups excluding carboxylic acids is 1. The van der Waals surface area contributed by atoms with Crippen LogP contribution in [0.15, 0.2) is 53.3 Å². The summed E-state index contributed by atoms with van der Waals surface area (Å²) < 4.78 is 1.63. The van der Waals surface area contributed by atoms with Gasteiger partial charge in [0.05, 0.1) is 30.1 Å². The van der Waals surface area contributed by atoms with Gasteiger partial charge in [0.2, 0.25) is 5.91 Å². The van der Waals surface area contributed by atoms with E-state index in [2.05, 4.69) is 10.4 Å². The number of halogens is 1. The van der Waals surface area contributed by atoms with Crippen LogP contribution in [0.25, 0.3) is 10.8 Å². The Hall–Kier alpha value is -2.66. The van der Waals surface area contributed by atoms with Crippen LogP contribution in [0.3, 0.4) is 0 Å². The third-order valence-electron chi connectivity index (χ3n) is 5.34. The molecule has 0 atom stereocenters. The van der Waals surface area contributed by atoms with Crippen molar-refractivity contribution in [1.29, 1.82) is 0 Å². The zero-order chi connectivity index (χ0) is 19.5. The molecule has 2 aromatic carbocycles. The topological polar surface area (TPSA) is 64.0 Å². The number of aromatic nitrogens is 2. The average Bonchev–Trinajstić information content (AvgIpc) is 3.24. The van der Waals surface area contributed by atoms with E-state index in [0.29, 0.717) is 10.4 Å². The van der Waals surface area contributed by atoms with E-state index in [1.807, 2.05) is 42.5 Å². The summed E-state index contributed by atoms with van der Waals surface area (Å²) in [5.74, 6) is -0.127. The van der Waals surface area contributed by atoms with Gasteiger partial charge in [-0.05, 0) is 30.5 Å².